The minimum atomic E-state index is -0.286. The van der Waals surface area contributed by atoms with Gasteiger partial charge < -0.3 is 19.0 Å². The van der Waals surface area contributed by atoms with Gasteiger partial charge in [-0.25, -0.2) is 9.37 Å². The van der Waals surface area contributed by atoms with Crippen molar-refractivity contribution in [3.05, 3.63) is 54.3 Å². The number of ether oxygens (including phenoxy) is 1. The van der Waals surface area contributed by atoms with E-state index in [1.165, 1.54) is 31.4 Å². The van der Waals surface area contributed by atoms with Crippen molar-refractivity contribution in [2.24, 2.45) is 0 Å². The fraction of sp³-hybridized carbons (Fsp3) is 0.462. The van der Waals surface area contributed by atoms with Crippen molar-refractivity contribution in [1.29, 1.82) is 0 Å². The van der Waals surface area contributed by atoms with Crippen LogP contribution in [-0.4, -0.2) is 59.8 Å². The fourth-order valence-corrected chi connectivity index (χ4v) is 4.89. The number of morpholine rings is 1. The SMILES string of the molecule is O=C(NCCN1CCOCC1)c1ccc(-c2c(-c3ccc(F)cc3)ncn2C2CCCCC2)o1. The lowest BCUT2D eigenvalue weighted by Gasteiger charge is -2.26. The minimum Gasteiger partial charge on any atom is -0.449 e. The van der Waals surface area contributed by atoms with Gasteiger partial charge in [0.2, 0.25) is 0 Å². The van der Waals surface area contributed by atoms with Crippen LogP contribution in [0.1, 0.15) is 48.7 Å². The Balaban J connectivity index is 1.37. The molecule has 1 amide bonds. The van der Waals surface area contributed by atoms with Crippen LogP contribution in [-0.2, 0) is 4.74 Å². The monoisotopic (exact) mass is 466 g/mol. The molecule has 0 radical (unpaired) electrons. The van der Waals surface area contributed by atoms with Gasteiger partial charge in [-0.05, 0) is 49.2 Å². The van der Waals surface area contributed by atoms with E-state index in [1.807, 2.05) is 12.4 Å². The van der Waals surface area contributed by atoms with E-state index in [4.69, 9.17) is 9.15 Å². The van der Waals surface area contributed by atoms with Crippen LogP contribution in [0.25, 0.3) is 22.7 Å². The molecule has 180 valence electrons. The topological polar surface area (TPSA) is 72.5 Å². The molecule has 0 unspecified atom stereocenters. The number of hydrogen-bond acceptors (Lipinski definition) is 5. The Labute approximate surface area is 198 Å². The number of carbonyl (C=O) groups is 1. The molecule has 1 aliphatic carbocycles. The number of imidazole rings is 1. The summed E-state index contributed by atoms with van der Waals surface area (Å²) < 4.78 is 27.1. The fourth-order valence-electron chi connectivity index (χ4n) is 4.89. The maximum atomic E-state index is 13.5. The summed E-state index contributed by atoms with van der Waals surface area (Å²) in [6.45, 7) is 4.58. The molecule has 34 heavy (non-hydrogen) atoms. The third-order valence-corrected chi connectivity index (χ3v) is 6.76. The second-order valence-electron chi connectivity index (χ2n) is 9.02. The first-order chi connectivity index (χ1) is 16.7. The Bertz CT molecular complexity index is 1100. The highest BCUT2D eigenvalue weighted by Gasteiger charge is 2.25. The summed E-state index contributed by atoms with van der Waals surface area (Å²) >= 11 is 0. The molecule has 8 heteroatoms. The highest BCUT2D eigenvalue weighted by atomic mass is 19.1. The van der Waals surface area contributed by atoms with Gasteiger partial charge in [0.15, 0.2) is 11.5 Å². The van der Waals surface area contributed by atoms with Crippen molar-refractivity contribution < 1.29 is 18.3 Å². The Morgan fingerprint density at radius 3 is 2.59 bits per heavy atom. The van der Waals surface area contributed by atoms with Crippen LogP contribution in [0.15, 0.2) is 47.1 Å². The van der Waals surface area contributed by atoms with Gasteiger partial charge in [0.05, 0.1) is 25.2 Å². The molecule has 0 bridgehead atoms. The summed E-state index contributed by atoms with van der Waals surface area (Å²) in [7, 11) is 0. The molecule has 2 aromatic heterocycles. The molecular weight excluding hydrogens is 435 g/mol. The van der Waals surface area contributed by atoms with E-state index in [0.717, 1.165) is 62.6 Å². The largest absolute Gasteiger partial charge is 0.449 e. The summed E-state index contributed by atoms with van der Waals surface area (Å²) in [5.41, 5.74) is 2.39. The predicted molar refractivity (Wildman–Crippen MR) is 127 cm³/mol. The molecule has 3 aromatic rings. The van der Waals surface area contributed by atoms with Crippen molar-refractivity contribution >= 4 is 5.91 Å². The Morgan fingerprint density at radius 2 is 1.82 bits per heavy atom. The van der Waals surface area contributed by atoms with E-state index < -0.39 is 0 Å². The van der Waals surface area contributed by atoms with Crippen LogP contribution in [0.3, 0.4) is 0 Å². The Hall–Kier alpha value is -2.97. The van der Waals surface area contributed by atoms with Crippen LogP contribution < -0.4 is 5.32 Å². The van der Waals surface area contributed by atoms with Crippen LogP contribution >= 0.6 is 0 Å². The van der Waals surface area contributed by atoms with Gasteiger partial charge in [0.25, 0.3) is 5.91 Å². The predicted octanol–water partition coefficient (Wildman–Crippen LogP) is 4.52. The zero-order valence-electron chi connectivity index (χ0n) is 19.3. The quantitative estimate of drug-likeness (QED) is 0.555. The first-order valence-electron chi connectivity index (χ1n) is 12.2. The van der Waals surface area contributed by atoms with E-state index in [0.29, 0.717) is 18.3 Å². The molecule has 1 saturated carbocycles. The second-order valence-corrected chi connectivity index (χ2v) is 9.02. The van der Waals surface area contributed by atoms with Gasteiger partial charge in [0.1, 0.15) is 11.5 Å². The molecular formula is C26H31FN4O3. The first kappa shape index (κ1) is 22.8. The number of hydrogen-bond donors (Lipinski definition) is 1. The maximum Gasteiger partial charge on any atom is 0.287 e. The second kappa shape index (κ2) is 10.5. The van der Waals surface area contributed by atoms with E-state index >= 15 is 0 Å². The van der Waals surface area contributed by atoms with Crippen LogP contribution in [0.4, 0.5) is 4.39 Å². The van der Waals surface area contributed by atoms with Crippen molar-refractivity contribution in [2.75, 3.05) is 39.4 Å². The van der Waals surface area contributed by atoms with Gasteiger partial charge in [-0.15, -0.1) is 0 Å². The summed E-state index contributed by atoms with van der Waals surface area (Å²) in [5.74, 6) is 0.358. The highest BCUT2D eigenvalue weighted by Crippen LogP contribution is 2.38. The summed E-state index contributed by atoms with van der Waals surface area (Å²) in [5, 5.41) is 2.96. The maximum absolute atomic E-state index is 13.5. The summed E-state index contributed by atoms with van der Waals surface area (Å²) in [6.07, 6.45) is 7.64. The molecule has 1 aliphatic heterocycles. The van der Waals surface area contributed by atoms with Crippen molar-refractivity contribution in [3.8, 4) is 22.7 Å². The number of aromatic nitrogens is 2. The number of nitrogens with one attached hydrogen (secondary N) is 1. The van der Waals surface area contributed by atoms with Crippen molar-refractivity contribution in [3.63, 3.8) is 0 Å². The summed E-state index contributed by atoms with van der Waals surface area (Å²) in [6, 6.07) is 10.2. The molecule has 2 aliphatic rings. The summed E-state index contributed by atoms with van der Waals surface area (Å²) in [4.78, 5) is 19.7. The zero-order chi connectivity index (χ0) is 23.3. The lowest BCUT2D eigenvalue weighted by Crippen LogP contribution is -2.41. The van der Waals surface area contributed by atoms with Crippen LogP contribution in [0.5, 0.6) is 0 Å². The Kier molecular flexibility index (Phi) is 7.06. The Morgan fingerprint density at radius 1 is 1.06 bits per heavy atom. The number of amides is 1. The van der Waals surface area contributed by atoms with Crippen molar-refractivity contribution in [1.82, 2.24) is 19.8 Å². The van der Waals surface area contributed by atoms with Crippen LogP contribution in [0, 0.1) is 5.82 Å². The molecule has 1 aromatic carbocycles. The average molecular weight is 467 g/mol. The van der Waals surface area contributed by atoms with Gasteiger partial charge in [0, 0.05) is 37.8 Å². The molecule has 1 N–H and O–H groups in total. The normalized spacial score (nSPS) is 17.7. The first-order valence-corrected chi connectivity index (χ1v) is 12.2. The van der Waals surface area contributed by atoms with Gasteiger partial charge in [-0.3, -0.25) is 9.69 Å². The standard InChI is InChI=1S/C26H31FN4O3/c27-20-8-6-19(7-9-20)24-25(31(18-29-24)21-4-2-1-3-5-21)22-10-11-23(34-22)26(32)28-12-13-30-14-16-33-17-15-30/h6-11,18,21H,1-5,12-17H2,(H,28,32). The van der Waals surface area contributed by atoms with Gasteiger partial charge in [-0.2, -0.15) is 0 Å². The number of rotatable bonds is 7. The molecule has 3 heterocycles. The molecule has 0 spiro atoms. The number of halogens is 1. The number of benzene rings is 1. The number of nitrogens with zero attached hydrogens (tertiary/aromatic N) is 3. The third-order valence-electron chi connectivity index (χ3n) is 6.76. The molecule has 5 rings (SSSR count). The van der Waals surface area contributed by atoms with Gasteiger partial charge in [-0.1, -0.05) is 19.3 Å². The lowest BCUT2D eigenvalue weighted by atomic mass is 9.95. The van der Waals surface area contributed by atoms with E-state index in [2.05, 4.69) is 19.8 Å². The smallest absolute Gasteiger partial charge is 0.287 e. The zero-order valence-corrected chi connectivity index (χ0v) is 19.3. The molecule has 7 nitrogen and oxygen atoms in total. The van der Waals surface area contributed by atoms with Crippen LogP contribution in [0.2, 0.25) is 0 Å². The minimum absolute atomic E-state index is 0.230. The van der Waals surface area contributed by atoms with Gasteiger partial charge >= 0.3 is 0 Å². The van der Waals surface area contributed by atoms with E-state index in [-0.39, 0.29) is 17.5 Å². The molecule has 0 atom stereocenters. The van der Waals surface area contributed by atoms with Crippen molar-refractivity contribution in [2.45, 2.75) is 38.1 Å². The number of carbonyl (C=O) groups excluding carboxylic acids is 1. The number of furan rings is 1. The molecule has 1 saturated heterocycles. The highest BCUT2D eigenvalue weighted by molar-refractivity contribution is 5.92. The van der Waals surface area contributed by atoms with E-state index in [9.17, 15) is 9.18 Å². The lowest BCUT2D eigenvalue weighted by molar-refractivity contribution is 0.0382. The third kappa shape index (κ3) is 5.08. The van der Waals surface area contributed by atoms with E-state index in [1.54, 1.807) is 18.2 Å². The average Bonchev–Trinajstić information content (AvgIpc) is 3.53. The molecule has 2 fully saturated rings.